The number of rotatable bonds is 6. The molecule has 1 rings (SSSR count). The van der Waals surface area contributed by atoms with Crippen LogP contribution in [0.25, 0.3) is 0 Å². The standard InChI is InChI=1S/C12H21N5O/c1-4-5-8-10(13)15-6-16-12(8)17-9(7(2)3)11(14)18/h6-7,9H,4-5H2,1-3H3,(H2,14,18)(H3,13,15,16,17). The average molecular weight is 251 g/mol. The molecule has 5 N–H and O–H groups in total. The zero-order chi connectivity index (χ0) is 13.7. The second-order valence-electron chi connectivity index (χ2n) is 4.60. The van der Waals surface area contributed by atoms with Crippen molar-refractivity contribution in [3.05, 3.63) is 11.9 Å². The van der Waals surface area contributed by atoms with Gasteiger partial charge in [0, 0.05) is 5.56 Å². The number of hydrogen-bond donors (Lipinski definition) is 3. The first-order valence-corrected chi connectivity index (χ1v) is 6.12. The topological polar surface area (TPSA) is 107 Å². The van der Waals surface area contributed by atoms with Gasteiger partial charge < -0.3 is 16.8 Å². The molecule has 0 saturated carbocycles. The Bertz CT molecular complexity index is 419. The number of amides is 1. The summed E-state index contributed by atoms with van der Waals surface area (Å²) in [5.74, 6) is 0.723. The Hall–Kier alpha value is -1.85. The fraction of sp³-hybridized carbons (Fsp3) is 0.583. The number of carbonyl (C=O) groups is 1. The minimum absolute atomic E-state index is 0.0770. The Labute approximate surface area is 107 Å². The smallest absolute Gasteiger partial charge is 0.240 e. The number of primary amides is 1. The molecular formula is C12H21N5O. The molecule has 0 aromatic carbocycles. The molecule has 1 aromatic rings. The predicted molar refractivity (Wildman–Crippen MR) is 71.9 cm³/mol. The van der Waals surface area contributed by atoms with Gasteiger partial charge in [-0.05, 0) is 12.3 Å². The second-order valence-corrected chi connectivity index (χ2v) is 4.60. The lowest BCUT2D eigenvalue weighted by Crippen LogP contribution is -2.40. The SMILES string of the molecule is CCCc1c(N)ncnc1NC(C(N)=O)C(C)C. The normalized spacial score (nSPS) is 12.4. The molecule has 1 heterocycles. The molecule has 0 aliphatic carbocycles. The number of anilines is 2. The van der Waals surface area contributed by atoms with Gasteiger partial charge in [0.05, 0.1) is 0 Å². The molecule has 6 nitrogen and oxygen atoms in total. The maximum atomic E-state index is 11.4. The molecular weight excluding hydrogens is 230 g/mol. The quantitative estimate of drug-likeness (QED) is 0.697. The Kier molecular flexibility index (Phi) is 4.88. The van der Waals surface area contributed by atoms with E-state index in [1.54, 1.807) is 0 Å². The van der Waals surface area contributed by atoms with Crippen LogP contribution < -0.4 is 16.8 Å². The Morgan fingerprint density at radius 1 is 1.44 bits per heavy atom. The summed E-state index contributed by atoms with van der Waals surface area (Å²) in [6.45, 7) is 5.89. The van der Waals surface area contributed by atoms with Crippen molar-refractivity contribution in [1.29, 1.82) is 0 Å². The van der Waals surface area contributed by atoms with E-state index in [-0.39, 0.29) is 5.92 Å². The van der Waals surface area contributed by atoms with Crippen molar-refractivity contribution in [2.75, 3.05) is 11.1 Å². The maximum absolute atomic E-state index is 11.4. The first kappa shape index (κ1) is 14.2. The van der Waals surface area contributed by atoms with Crippen LogP contribution in [0.4, 0.5) is 11.6 Å². The van der Waals surface area contributed by atoms with Gasteiger partial charge in [-0.1, -0.05) is 27.2 Å². The highest BCUT2D eigenvalue weighted by atomic mass is 16.1. The zero-order valence-corrected chi connectivity index (χ0v) is 11.1. The van der Waals surface area contributed by atoms with Gasteiger partial charge in [0.25, 0.3) is 0 Å². The van der Waals surface area contributed by atoms with Gasteiger partial charge >= 0.3 is 0 Å². The van der Waals surface area contributed by atoms with Crippen LogP contribution in [0.1, 0.15) is 32.8 Å². The molecule has 1 unspecified atom stereocenters. The highest BCUT2D eigenvalue weighted by Crippen LogP contribution is 2.21. The number of carbonyl (C=O) groups excluding carboxylic acids is 1. The first-order chi connectivity index (χ1) is 8.47. The molecule has 1 amide bonds. The van der Waals surface area contributed by atoms with Gasteiger partial charge in [-0.15, -0.1) is 0 Å². The summed E-state index contributed by atoms with van der Waals surface area (Å²) in [5.41, 5.74) is 12.0. The van der Waals surface area contributed by atoms with Gasteiger partial charge in [-0.2, -0.15) is 0 Å². The predicted octanol–water partition coefficient (Wildman–Crippen LogP) is 0.933. The van der Waals surface area contributed by atoms with Gasteiger partial charge in [-0.3, -0.25) is 4.79 Å². The van der Waals surface area contributed by atoms with Crippen LogP contribution >= 0.6 is 0 Å². The summed E-state index contributed by atoms with van der Waals surface area (Å²) in [4.78, 5) is 19.5. The van der Waals surface area contributed by atoms with E-state index < -0.39 is 11.9 Å². The van der Waals surface area contributed by atoms with Crippen LogP contribution in [-0.4, -0.2) is 21.9 Å². The number of nitrogen functional groups attached to an aromatic ring is 1. The van der Waals surface area contributed by atoms with Gasteiger partial charge in [0.1, 0.15) is 24.0 Å². The fourth-order valence-corrected chi connectivity index (χ4v) is 1.76. The van der Waals surface area contributed by atoms with E-state index >= 15 is 0 Å². The molecule has 0 saturated heterocycles. The van der Waals surface area contributed by atoms with Gasteiger partial charge in [-0.25, -0.2) is 9.97 Å². The maximum Gasteiger partial charge on any atom is 0.240 e. The Morgan fingerprint density at radius 2 is 2.11 bits per heavy atom. The van der Waals surface area contributed by atoms with Crippen molar-refractivity contribution in [3.8, 4) is 0 Å². The minimum atomic E-state index is -0.463. The van der Waals surface area contributed by atoms with E-state index in [0.29, 0.717) is 11.6 Å². The van der Waals surface area contributed by atoms with E-state index in [4.69, 9.17) is 11.5 Å². The molecule has 1 atom stereocenters. The largest absolute Gasteiger partial charge is 0.383 e. The van der Waals surface area contributed by atoms with E-state index in [0.717, 1.165) is 18.4 Å². The number of nitrogens with one attached hydrogen (secondary N) is 1. The molecule has 0 aliphatic heterocycles. The number of nitrogens with zero attached hydrogens (tertiary/aromatic N) is 2. The summed E-state index contributed by atoms with van der Waals surface area (Å²) in [7, 11) is 0. The third-order valence-electron chi connectivity index (χ3n) is 2.74. The molecule has 0 radical (unpaired) electrons. The summed E-state index contributed by atoms with van der Waals surface area (Å²) < 4.78 is 0. The van der Waals surface area contributed by atoms with Crippen LogP contribution in [0.3, 0.4) is 0 Å². The zero-order valence-electron chi connectivity index (χ0n) is 11.1. The van der Waals surface area contributed by atoms with E-state index in [2.05, 4.69) is 15.3 Å². The number of hydrogen-bond acceptors (Lipinski definition) is 5. The third-order valence-corrected chi connectivity index (χ3v) is 2.74. The molecule has 18 heavy (non-hydrogen) atoms. The highest BCUT2D eigenvalue weighted by molar-refractivity contribution is 5.83. The van der Waals surface area contributed by atoms with Crippen LogP contribution in [0, 0.1) is 5.92 Å². The Balaban J connectivity index is 3.02. The van der Waals surface area contributed by atoms with Gasteiger partial charge in [0.2, 0.25) is 5.91 Å². The molecule has 100 valence electrons. The van der Waals surface area contributed by atoms with Crippen molar-refractivity contribution >= 4 is 17.5 Å². The van der Waals surface area contributed by atoms with Crippen LogP contribution in [0.5, 0.6) is 0 Å². The molecule has 0 aliphatic rings. The summed E-state index contributed by atoms with van der Waals surface area (Å²) in [6, 6.07) is -0.463. The highest BCUT2D eigenvalue weighted by Gasteiger charge is 2.21. The lowest BCUT2D eigenvalue weighted by atomic mass is 10.0. The van der Waals surface area contributed by atoms with Crippen molar-refractivity contribution in [3.63, 3.8) is 0 Å². The van der Waals surface area contributed by atoms with Gasteiger partial charge in [0.15, 0.2) is 0 Å². The van der Waals surface area contributed by atoms with Crippen molar-refractivity contribution < 1.29 is 4.79 Å². The van der Waals surface area contributed by atoms with E-state index in [1.807, 2.05) is 20.8 Å². The van der Waals surface area contributed by atoms with E-state index in [9.17, 15) is 4.79 Å². The number of nitrogens with two attached hydrogens (primary N) is 2. The fourth-order valence-electron chi connectivity index (χ4n) is 1.76. The van der Waals surface area contributed by atoms with E-state index in [1.165, 1.54) is 6.33 Å². The van der Waals surface area contributed by atoms with Crippen molar-refractivity contribution in [1.82, 2.24) is 9.97 Å². The average Bonchev–Trinajstić information content (AvgIpc) is 2.29. The molecule has 0 spiro atoms. The molecule has 0 fully saturated rings. The minimum Gasteiger partial charge on any atom is -0.383 e. The molecule has 1 aromatic heterocycles. The summed E-state index contributed by atoms with van der Waals surface area (Å²) in [5, 5.41) is 3.07. The van der Waals surface area contributed by atoms with Crippen LogP contribution in [0.15, 0.2) is 6.33 Å². The Morgan fingerprint density at radius 3 is 2.61 bits per heavy atom. The van der Waals surface area contributed by atoms with Crippen molar-refractivity contribution in [2.24, 2.45) is 11.7 Å². The monoisotopic (exact) mass is 251 g/mol. The van der Waals surface area contributed by atoms with Crippen molar-refractivity contribution in [2.45, 2.75) is 39.7 Å². The molecule has 0 bridgehead atoms. The summed E-state index contributed by atoms with van der Waals surface area (Å²) in [6.07, 6.45) is 3.07. The summed E-state index contributed by atoms with van der Waals surface area (Å²) >= 11 is 0. The third kappa shape index (κ3) is 3.32. The number of aromatic nitrogens is 2. The second kappa shape index (κ2) is 6.18. The molecule has 6 heteroatoms. The van der Waals surface area contributed by atoms with Crippen LogP contribution in [0.2, 0.25) is 0 Å². The lowest BCUT2D eigenvalue weighted by molar-refractivity contribution is -0.119. The lowest BCUT2D eigenvalue weighted by Gasteiger charge is -2.21. The first-order valence-electron chi connectivity index (χ1n) is 6.12. The van der Waals surface area contributed by atoms with Crippen LogP contribution in [-0.2, 0) is 11.2 Å².